The molecule has 17 heavy (non-hydrogen) atoms. The van der Waals surface area contributed by atoms with E-state index in [0.717, 1.165) is 6.04 Å². The fourth-order valence-corrected chi connectivity index (χ4v) is 2.13. The van der Waals surface area contributed by atoms with Crippen molar-refractivity contribution >= 4 is 25.6 Å². The van der Waals surface area contributed by atoms with Crippen molar-refractivity contribution in [1.29, 1.82) is 0 Å². The number of carboxylic acids is 1. The van der Waals surface area contributed by atoms with Gasteiger partial charge < -0.3 is 9.84 Å². The normalized spacial score (nSPS) is 11.8. The van der Waals surface area contributed by atoms with Crippen LogP contribution in [0.5, 0.6) is 0 Å². The van der Waals surface area contributed by atoms with Crippen LogP contribution < -0.4 is 0 Å². The third-order valence-electron chi connectivity index (χ3n) is 2.24. The summed E-state index contributed by atoms with van der Waals surface area (Å²) in [6.45, 7) is 7.50. The number of halogens is 1. The summed E-state index contributed by atoms with van der Waals surface area (Å²) in [5.41, 5.74) is 0.0444. The molecular formula is C10H17ClN2O3Si. The number of aromatic nitrogens is 2. The molecule has 0 unspecified atom stereocenters. The predicted octanol–water partition coefficient (Wildman–Crippen LogP) is 2.55. The minimum Gasteiger partial charge on any atom is -0.477 e. The van der Waals surface area contributed by atoms with Crippen LogP contribution in [0.25, 0.3) is 0 Å². The summed E-state index contributed by atoms with van der Waals surface area (Å²) in [6, 6.07) is 1.03. The van der Waals surface area contributed by atoms with Crippen molar-refractivity contribution in [2.75, 3.05) is 6.61 Å². The van der Waals surface area contributed by atoms with Crippen molar-refractivity contribution in [3.63, 3.8) is 0 Å². The average molecular weight is 277 g/mol. The SMILES string of the molecule is C[Si](C)(C)CCOCn1c(C(=O)O)cnc1Cl. The molecule has 0 saturated heterocycles. The van der Waals surface area contributed by atoms with Gasteiger partial charge in [-0.05, 0) is 17.6 Å². The topological polar surface area (TPSA) is 64.3 Å². The number of rotatable bonds is 6. The zero-order chi connectivity index (χ0) is 13.1. The number of nitrogens with zero attached hydrogens (tertiary/aromatic N) is 2. The Labute approximate surface area is 106 Å². The van der Waals surface area contributed by atoms with Gasteiger partial charge >= 0.3 is 5.97 Å². The van der Waals surface area contributed by atoms with Gasteiger partial charge in [-0.1, -0.05) is 19.6 Å². The van der Waals surface area contributed by atoms with Crippen LogP contribution in [0.1, 0.15) is 10.5 Å². The molecule has 0 saturated carbocycles. The quantitative estimate of drug-likeness (QED) is 0.641. The van der Waals surface area contributed by atoms with E-state index in [1.165, 1.54) is 10.8 Å². The molecule has 0 amide bonds. The molecule has 1 rings (SSSR count). The van der Waals surface area contributed by atoms with Crippen LogP contribution in [0.15, 0.2) is 6.20 Å². The number of aromatic carboxylic acids is 1. The molecule has 0 bridgehead atoms. The molecule has 0 radical (unpaired) electrons. The molecule has 0 aromatic carbocycles. The standard InChI is InChI=1S/C10H17ClN2O3Si/c1-17(2,3)5-4-16-7-13-8(9(14)15)6-12-10(13)11/h6H,4-5,7H2,1-3H3,(H,14,15). The number of carboxylic acid groups (broad SMARTS) is 1. The molecule has 0 spiro atoms. The minimum absolute atomic E-state index is 0.0444. The number of ether oxygens (including phenoxy) is 1. The Morgan fingerprint density at radius 1 is 1.59 bits per heavy atom. The van der Waals surface area contributed by atoms with E-state index in [4.69, 9.17) is 21.4 Å². The molecule has 5 nitrogen and oxygen atoms in total. The lowest BCUT2D eigenvalue weighted by Crippen LogP contribution is -2.22. The van der Waals surface area contributed by atoms with E-state index in [2.05, 4.69) is 24.6 Å². The summed E-state index contributed by atoms with van der Waals surface area (Å²) in [6.07, 6.45) is 1.23. The lowest BCUT2D eigenvalue weighted by Gasteiger charge is -2.15. The fraction of sp³-hybridized carbons (Fsp3) is 0.600. The zero-order valence-electron chi connectivity index (χ0n) is 10.2. The van der Waals surface area contributed by atoms with Crippen molar-refractivity contribution in [3.8, 4) is 0 Å². The Morgan fingerprint density at radius 2 is 2.24 bits per heavy atom. The number of carbonyl (C=O) groups is 1. The van der Waals surface area contributed by atoms with Crippen LogP contribution in [-0.2, 0) is 11.5 Å². The maximum Gasteiger partial charge on any atom is 0.354 e. The van der Waals surface area contributed by atoms with E-state index < -0.39 is 14.0 Å². The molecule has 0 atom stereocenters. The highest BCUT2D eigenvalue weighted by Crippen LogP contribution is 2.12. The first-order valence-corrected chi connectivity index (χ1v) is 9.42. The monoisotopic (exact) mass is 276 g/mol. The molecule has 96 valence electrons. The Hall–Kier alpha value is -0.853. The molecule has 1 heterocycles. The Bertz CT molecular complexity index is 401. The predicted molar refractivity (Wildman–Crippen MR) is 68.3 cm³/mol. The molecule has 1 aromatic rings. The second-order valence-electron chi connectivity index (χ2n) is 4.99. The van der Waals surface area contributed by atoms with Gasteiger partial charge in [0.2, 0.25) is 5.28 Å². The summed E-state index contributed by atoms with van der Waals surface area (Å²) >= 11 is 5.78. The highest BCUT2D eigenvalue weighted by molar-refractivity contribution is 6.76. The van der Waals surface area contributed by atoms with E-state index in [0.29, 0.717) is 6.61 Å². The van der Waals surface area contributed by atoms with Crippen molar-refractivity contribution in [1.82, 2.24) is 9.55 Å². The third kappa shape index (κ3) is 4.49. The molecule has 1 aromatic heterocycles. The van der Waals surface area contributed by atoms with Gasteiger partial charge in [0.15, 0.2) is 0 Å². The van der Waals surface area contributed by atoms with E-state index in [1.807, 2.05) is 0 Å². The van der Waals surface area contributed by atoms with Gasteiger partial charge in [0.25, 0.3) is 0 Å². The lowest BCUT2D eigenvalue weighted by atomic mass is 10.5. The minimum atomic E-state index is -1.13. The van der Waals surface area contributed by atoms with Crippen LogP contribution >= 0.6 is 11.6 Å². The summed E-state index contributed by atoms with van der Waals surface area (Å²) in [5, 5.41) is 9.03. The van der Waals surface area contributed by atoms with Gasteiger partial charge in [-0.25, -0.2) is 9.78 Å². The largest absolute Gasteiger partial charge is 0.477 e. The van der Waals surface area contributed by atoms with Gasteiger partial charge in [-0.15, -0.1) is 0 Å². The first-order valence-electron chi connectivity index (χ1n) is 5.33. The summed E-state index contributed by atoms with van der Waals surface area (Å²) in [4.78, 5) is 14.6. The van der Waals surface area contributed by atoms with Gasteiger partial charge in [0.1, 0.15) is 12.4 Å². The first kappa shape index (κ1) is 14.2. The molecule has 7 heteroatoms. The molecule has 0 aliphatic rings. The highest BCUT2D eigenvalue weighted by atomic mass is 35.5. The Kier molecular flexibility index (Phi) is 4.73. The van der Waals surface area contributed by atoms with Crippen molar-refractivity contribution in [2.45, 2.75) is 32.4 Å². The molecular weight excluding hydrogens is 260 g/mol. The maximum atomic E-state index is 10.9. The van der Waals surface area contributed by atoms with E-state index in [9.17, 15) is 4.79 Å². The maximum absolute atomic E-state index is 10.9. The fourth-order valence-electron chi connectivity index (χ4n) is 1.18. The molecule has 0 aliphatic heterocycles. The zero-order valence-corrected chi connectivity index (χ0v) is 12.0. The summed E-state index contributed by atoms with van der Waals surface area (Å²) in [5.74, 6) is -1.06. The van der Waals surface area contributed by atoms with Gasteiger partial charge in [-0.2, -0.15) is 0 Å². The van der Waals surface area contributed by atoms with Crippen molar-refractivity contribution < 1.29 is 14.6 Å². The van der Waals surface area contributed by atoms with Crippen molar-refractivity contribution in [2.24, 2.45) is 0 Å². The van der Waals surface area contributed by atoms with E-state index in [-0.39, 0.29) is 17.7 Å². The second-order valence-corrected chi connectivity index (χ2v) is 11.0. The lowest BCUT2D eigenvalue weighted by molar-refractivity contribution is 0.0623. The van der Waals surface area contributed by atoms with E-state index >= 15 is 0 Å². The molecule has 1 N–H and O–H groups in total. The average Bonchev–Trinajstić information content (AvgIpc) is 2.53. The molecule has 0 fully saturated rings. The van der Waals surface area contributed by atoms with Crippen LogP contribution in [0.3, 0.4) is 0 Å². The Balaban J connectivity index is 2.52. The van der Waals surface area contributed by atoms with Gasteiger partial charge in [-0.3, -0.25) is 4.57 Å². The second kappa shape index (κ2) is 5.66. The summed E-state index contributed by atoms with van der Waals surface area (Å²) in [7, 11) is -1.13. The smallest absolute Gasteiger partial charge is 0.354 e. The number of hydrogen-bond acceptors (Lipinski definition) is 3. The number of imidazole rings is 1. The summed E-state index contributed by atoms with van der Waals surface area (Å²) < 4.78 is 6.78. The Morgan fingerprint density at radius 3 is 2.76 bits per heavy atom. The molecule has 0 aliphatic carbocycles. The van der Waals surface area contributed by atoms with Gasteiger partial charge in [0.05, 0.1) is 6.20 Å². The van der Waals surface area contributed by atoms with Crippen LogP contribution in [-0.4, -0.2) is 35.3 Å². The first-order chi connectivity index (χ1) is 7.81. The van der Waals surface area contributed by atoms with Crippen LogP contribution in [0.2, 0.25) is 31.0 Å². The van der Waals surface area contributed by atoms with E-state index in [1.54, 1.807) is 0 Å². The third-order valence-corrected chi connectivity index (χ3v) is 4.25. The van der Waals surface area contributed by atoms with Crippen LogP contribution in [0, 0.1) is 0 Å². The van der Waals surface area contributed by atoms with Gasteiger partial charge in [0, 0.05) is 14.7 Å². The van der Waals surface area contributed by atoms with Crippen LogP contribution in [0.4, 0.5) is 0 Å². The highest BCUT2D eigenvalue weighted by Gasteiger charge is 2.15. The van der Waals surface area contributed by atoms with Crippen molar-refractivity contribution in [3.05, 3.63) is 17.2 Å². The number of hydrogen-bond donors (Lipinski definition) is 1.